The summed E-state index contributed by atoms with van der Waals surface area (Å²) in [6.45, 7) is 1.13. The van der Waals surface area contributed by atoms with E-state index < -0.39 is 13.0 Å². The molecule has 78 valence electrons. The molecule has 0 radical (unpaired) electrons. The number of aromatic nitrogens is 1. The second-order valence-corrected chi connectivity index (χ2v) is 2.79. The minimum atomic E-state index is -2.69. The number of aliphatic hydroxyl groups is 1. The molecule has 14 heavy (non-hydrogen) atoms. The molecule has 1 aromatic rings. The summed E-state index contributed by atoms with van der Waals surface area (Å²) in [6.07, 6.45) is -2.69. The summed E-state index contributed by atoms with van der Waals surface area (Å²) < 4.78 is 29.9. The Bertz CT molecular complexity index is 304. The number of aliphatic hydroxyl groups excluding tert-OH is 1. The number of ether oxygens (including phenoxy) is 1. The van der Waals surface area contributed by atoms with Gasteiger partial charge in [0.05, 0.1) is 25.0 Å². The predicted octanol–water partition coefficient (Wildman–Crippen LogP) is 1.83. The second-order valence-electron chi connectivity index (χ2n) is 2.79. The van der Waals surface area contributed by atoms with Gasteiger partial charge in [-0.2, -0.15) is 0 Å². The van der Waals surface area contributed by atoms with Crippen LogP contribution in [0.25, 0.3) is 0 Å². The standard InChI is InChI=1S/C9H11F2NO2/c1-5-3-7(14-2)8(9(10)11)6(4-13)12-5/h3,9,13H,4H2,1-2H3. The van der Waals surface area contributed by atoms with Crippen LogP contribution >= 0.6 is 0 Å². The van der Waals surface area contributed by atoms with Gasteiger partial charge in [0, 0.05) is 11.8 Å². The Balaban J connectivity index is 3.33. The highest BCUT2D eigenvalue weighted by atomic mass is 19.3. The first-order chi connectivity index (χ1) is 6.60. The van der Waals surface area contributed by atoms with Crippen LogP contribution < -0.4 is 4.74 Å². The van der Waals surface area contributed by atoms with E-state index in [1.165, 1.54) is 13.2 Å². The van der Waals surface area contributed by atoms with Gasteiger partial charge in [0.25, 0.3) is 6.43 Å². The molecule has 0 atom stereocenters. The summed E-state index contributed by atoms with van der Waals surface area (Å²) in [6, 6.07) is 1.42. The molecule has 1 rings (SSSR count). The second kappa shape index (κ2) is 4.32. The molecular weight excluding hydrogens is 192 g/mol. The Morgan fingerprint density at radius 2 is 2.21 bits per heavy atom. The van der Waals surface area contributed by atoms with E-state index in [-0.39, 0.29) is 17.0 Å². The van der Waals surface area contributed by atoms with Crippen LogP contribution in [-0.4, -0.2) is 17.2 Å². The minimum absolute atomic E-state index is 0.0307. The lowest BCUT2D eigenvalue weighted by Gasteiger charge is -2.11. The molecule has 3 nitrogen and oxygen atoms in total. The van der Waals surface area contributed by atoms with Gasteiger partial charge in [-0.15, -0.1) is 0 Å². The topological polar surface area (TPSA) is 42.4 Å². The van der Waals surface area contributed by atoms with Crippen molar-refractivity contribution < 1.29 is 18.6 Å². The zero-order chi connectivity index (χ0) is 10.7. The molecule has 0 fully saturated rings. The average molecular weight is 203 g/mol. The normalized spacial score (nSPS) is 10.7. The first-order valence-electron chi connectivity index (χ1n) is 4.03. The summed E-state index contributed by atoms with van der Waals surface area (Å²) in [4.78, 5) is 3.81. The van der Waals surface area contributed by atoms with Crippen molar-refractivity contribution in [3.05, 3.63) is 23.0 Å². The molecule has 0 saturated heterocycles. The Morgan fingerprint density at radius 3 is 2.64 bits per heavy atom. The van der Waals surface area contributed by atoms with Crippen LogP contribution in [0.4, 0.5) is 8.78 Å². The van der Waals surface area contributed by atoms with Gasteiger partial charge in [0.1, 0.15) is 5.75 Å². The summed E-state index contributed by atoms with van der Waals surface area (Å²) in [5.74, 6) is 0.0663. The molecular formula is C9H11F2NO2. The highest BCUT2D eigenvalue weighted by molar-refractivity contribution is 5.38. The van der Waals surface area contributed by atoms with E-state index in [1.54, 1.807) is 6.92 Å². The first-order valence-corrected chi connectivity index (χ1v) is 4.03. The minimum Gasteiger partial charge on any atom is -0.496 e. The zero-order valence-electron chi connectivity index (χ0n) is 7.92. The molecule has 1 N–H and O–H groups in total. The Kier molecular flexibility index (Phi) is 3.35. The molecule has 0 aliphatic carbocycles. The van der Waals surface area contributed by atoms with Crippen molar-refractivity contribution in [1.29, 1.82) is 0 Å². The molecule has 0 aliphatic rings. The maximum atomic E-state index is 12.6. The smallest absolute Gasteiger partial charge is 0.269 e. The van der Waals surface area contributed by atoms with E-state index in [2.05, 4.69) is 4.98 Å². The predicted molar refractivity (Wildman–Crippen MR) is 46.4 cm³/mol. The van der Waals surface area contributed by atoms with Crippen LogP contribution in [0.2, 0.25) is 0 Å². The number of hydrogen-bond donors (Lipinski definition) is 1. The summed E-state index contributed by atoms with van der Waals surface area (Å²) in [5, 5.41) is 8.86. The van der Waals surface area contributed by atoms with Gasteiger partial charge in [-0.05, 0) is 6.92 Å². The quantitative estimate of drug-likeness (QED) is 0.814. The van der Waals surface area contributed by atoms with Gasteiger partial charge in [-0.1, -0.05) is 0 Å². The molecule has 0 unspecified atom stereocenters. The Labute approximate surface area is 80.3 Å². The molecule has 0 saturated carbocycles. The van der Waals surface area contributed by atoms with E-state index in [9.17, 15) is 8.78 Å². The van der Waals surface area contributed by atoms with Crippen LogP contribution in [0.15, 0.2) is 6.07 Å². The summed E-state index contributed by atoms with van der Waals surface area (Å²) in [5.41, 5.74) is 0.174. The van der Waals surface area contributed by atoms with E-state index in [0.29, 0.717) is 5.69 Å². The fraction of sp³-hybridized carbons (Fsp3) is 0.444. The van der Waals surface area contributed by atoms with Crippen molar-refractivity contribution in [2.24, 2.45) is 0 Å². The van der Waals surface area contributed by atoms with Crippen molar-refractivity contribution >= 4 is 0 Å². The van der Waals surface area contributed by atoms with Crippen molar-refractivity contribution in [2.75, 3.05) is 7.11 Å². The highest BCUT2D eigenvalue weighted by Gasteiger charge is 2.20. The maximum Gasteiger partial charge on any atom is 0.269 e. The van der Waals surface area contributed by atoms with Crippen LogP contribution in [0.1, 0.15) is 23.4 Å². The van der Waals surface area contributed by atoms with Crippen LogP contribution in [0.3, 0.4) is 0 Å². The highest BCUT2D eigenvalue weighted by Crippen LogP contribution is 2.31. The van der Waals surface area contributed by atoms with Gasteiger partial charge in [-0.25, -0.2) is 8.78 Å². The third-order valence-electron chi connectivity index (χ3n) is 1.82. The SMILES string of the molecule is COc1cc(C)nc(CO)c1C(F)F. The fourth-order valence-corrected chi connectivity index (χ4v) is 1.24. The van der Waals surface area contributed by atoms with E-state index in [1.807, 2.05) is 0 Å². The van der Waals surface area contributed by atoms with Crippen LogP contribution in [0, 0.1) is 6.92 Å². The monoisotopic (exact) mass is 203 g/mol. The van der Waals surface area contributed by atoms with Gasteiger partial charge in [0.2, 0.25) is 0 Å². The lowest BCUT2D eigenvalue weighted by Crippen LogP contribution is -2.03. The average Bonchev–Trinajstić information content (AvgIpc) is 2.15. The molecule has 1 heterocycles. The summed E-state index contributed by atoms with van der Waals surface area (Å²) >= 11 is 0. The number of nitrogens with zero attached hydrogens (tertiary/aromatic N) is 1. The van der Waals surface area contributed by atoms with Crippen molar-refractivity contribution in [1.82, 2.24) is 4.98 Å². The molecule has 0 aromatic carbocycles. The van der Waals surface area contributed by atoms with Crippen molar-refractivity contribution in [2.45, 2.75) is 20.0 Å². The molecule has 0 amide bonds. The third-order valence-corrected chi connectivity index (χ3v) is 1.82. The number of hydrogen-bond acceptors (Lipinski definition) is 3. The molecule has 0 spiro atoms. The molecule has 0 bridgehead atoms. The number of alkyl halides is 2. The molecule has 0 aliphatic heterocycles. The number of halogens is 2. The number of pyridine rings is 1. The van der Waals surface area contributed by atoms with E-state index in [0.717, 1.165) is 0 Å². The largest absolute Gasteiger partial charge is 0.496 e. The van der Waals surface area contributed by atoms with E-state index in [4.69, 9.17) is 9.84 Å². The van der Waals surface area contributed by atoms with Gasteiger partial charge >= 0.3 is 0 Å². The zero-order valence-corrected chi connectivity index (χ0v) is 7.92. The first kappa shape index (κ1) is 10.8. The Hall–Kier alpha value is -1.23. The molecule has 5 heteroatoms. The lowest BCUT2D eigenvalue weighted by molar-refractivity contribution is 0.141. The van der Waals surface area contributed by atoms with E-state index >= 15 is 0 Å². The number of aryl methyl sites for hydroxylation is 1. The maximum absolute atomic E-state index is 12.6. The van der Waals surface area contributed by atoms with Gasteiger partial charge in [-0.3, -0.25) is 4.98 Å². The Morgan fingerprint density at radius 1 is 1.57 bits per heavy atom. The number of rotatable bonds is 3. The fourth-order valence-electron chi connectivity index (χ4n) is 1.24. The third kappa shape index (κ3) is 1.98. The van der Waals surface area contributed by atoms with Crippen LogP contribution in [-0.2, 0) is 6.61 Å². The van der Waals surface area contributed by atoms with Crippen molar-refractivity contribution in [3.63, 3.8) is 0 Å². The summed E-state index contributed by atoms with van der Waals surface area (Å²) in [7, 11) is 1.31. The number of methoxy groups -OCH3 is 1. The van der Waals surface area contributed by atoms with Crippen LogP contribution in [0.5, 0.6) is 5.75 Å². The van der Waals surface area contributed by atoms with Gasteiger partial charge in [0.15, 0.2) is 0 Å². The van der Waals surface area contributed by atoms with Crippen molar-refractivity contribution in [3.8, 4) is 5.75 Å². The lowest BCUT2D eigenvalue weighted by atomic mass is 10.1. The van der Waals surface area contributed by atoms with Gasteiger partial charge < -0.3 is 9.84 Å². The molecule has 1 aromatic heterocycles.